The summed E-state index contributed by atoms with van der Waals surface area (Å²) in [6.45, 7) is 3.82. The number of carbonyl (C=O) groups is 3. The third kappa shape index (κ3) is 8.75. The van der Waals surface area contributed by atoms with Crippen LogP contribution >= 0.6 is 0 Å². The summed E-state index contributed by atoms with van der Waals surface area (Å²) in [7, 11) is 0. The van der Waals surface area contributed by atoms with Gasteiger partial charge in [-0.25, -0.2) is 4.39 Å². The topological polar surface area (TPSA) is 95.1 Å². The molecule has 4 heterocycles. The van der Waals surface area contributed by atoms with E-state index in [1.807, 2.05) is 29.2 Å². The third-order valence-corrected chi connectivity index (χ3v) is 9.53. The predicted molar refractivity (Wildman–Crippen MR) is 174 cm³/mol. The number of ether oxygens (including phenoxy) is 1. The Bertz CT molecular complexity index is 1600. The van der Waals surface area contributed by atoms with E-state index < -0.39 is 24.5 Å². The molecular formula is C36H39F4N5O4. The fraction of sp³-hybridized carbons (Fsp3) is 0.444. The molecule has 3 aliphatic rings. The Balaban J connectivity index is 0.942. The van der Waals surface area contributed by atoms with Gasteiger partial charge in [0.2, 0.25) is 0 Å². The lowest BCUT2D eigenvalue weighted by molar-refractivity contribution is -0.274. The number of piperidine rings is 2. The molecule has 1 aromatic heterocycles. The summed E-state index contributed by atoms with van der Waals surface area (Å²) < 4.78 is 56.1. The number of hydrogen-bond acceptors (Lipinski definition) is 7. The van der Waals surface area contributed by atoms with Gasteiger partial charge < -0.3 is 19.9 Å². The van der Waals surface area contributed by atoms with E-state index in [-0.39, 0.29) is 41.2 Å². The Morgan fingerprint density at radius 3 is 2.12 bits per heavy atom. The average molecular weight is 682 g/mol. The van der Waals surface area contributed by atoms with Gasteiger partial charge in [0.15, 0.2) is 5.78 Å². The zero-order valence-corrected chi connectivity index (χ0v) is 27.0. The monoisotopic (exact) mass is 681 g/mol. The summed E-state index contributed by atoms with van der Waals surface area (Å²) >= 11 is 0. The van der Waals surface area contributed by atoms with Crippen LogP contribution in [0.4, 0.5) is 23.2 Å². The molecule has 0 spiro atoms. The van der Waals surface area contributed by atoms with Gasteiger partial charge in [0.1, 0.15) is 17.6 Å². The maximum Gasteiger partial charge on any atom is 0.573 e. The van der Waals surface area contributed by atoms with Crippen molar-refractivity contribution in [1.29, 1.82) is 0 Å². The van der Waals surface area contributed by atoms with E-state index in [4.69, 9.17) is 0 Å². The van der Waals surface area contributed by atoms with Crippen LogP contribution in [-0.4, -0.2) is 90.2 Å². The second kappa shape index (κ2) is 14.9. The maximum atomic E-state index is 15.1. The Morgan fingerprint density at radius 2 is 1.51 bits per heavy atom. The molecule has 3 aromatic rings. The highest BCUT2D eigenvalue weighted by Crippen LogP contribution is 2.27. The third-order valence-electron chi connectivity index (χ3n) is 9.53. The Labute approximate surface area is 282 Å². The number of benzene rings is 2. The quantitative estimate of drug-likeness (QED) is 0.230. The minimum Gasteiger partial charge on any atom is -0.406 e. The van der Waals surface area contributed by atoms with E-state index in [0.717, 1.165) is 18.8 Å². The highest BCUT2D eigenvalue weighted by molar-refractivity contribution is 5.99. The summed E-state index contributed by atoms with van der Waals surface area (Å²) in [5.74, 6) is -1.15. The van der Waals surface area contributed by atoms with E-state index in [1.54, 1.807) is 4.90 Å². The molecule has 6 rings (SSSR count). The number of pyridine rings is 1. The van der Waals surface area contributed by atoms with Gasteiger partial charge in [0.25, 0.3) is 11.8 Å². The molecule has 3 aliphatic heterocycles. The number of rotatable bonds is 9. The Kier molecular flexibility index (Phi) is 10.5. The standard InChI is InChI=1S/C36H39F4N5O4/c37-30-23-43(22-24-3-10-29(11-4-24)49-36(38,39)40)18-15-31(30)42-34(47)27-7-12-32(41-21-27)35(48)45-19-13-26(14-20-45)33(46)25-5-8-28(9-6-25)44-16-1-2-17-44/h3-12,21,26,30-31H,1-2,13-20,22-23H2,(H,42,47). The Hall–Kier alpha value is -4.52. The van der Waals surface area contributed by atoms with Gasteiger partial charge in [-0.2, -0.15) is 0 Å². The second-order valence-electron chi connectivity index (χ2n) is 12.9. The van der Waals surface area contributed by atoms with Gasteiger partial charge in [-0.3, -0.25) is 24.3 Å². The molecule has 2 aromatic carbocycles. The molecule has 0 aliphatic carbocycles. The zero-order chi connectivity index (χ0) is 34.5. The molecule has 0 radical (unpaired) electrons. The summed E-state index contributed by atoms with van der Waals surface area (Å²) in [6, 6.07) is 15.5. The van der Waals surface area contributed by atoms with Gasteiger partial charge in [-0.05, 0) is 86.2 Å². The number of aromatic nitrogens is 1. The van der Waals surface area contributed by atoms with E-state index in [2.05, 4.69) is 19.9 Å². The van der Waals surface area contributed by atoms with Gasteiger partial charge >= 0.3 is 6.36 Å². The van der Waals surface area contributed by atoms with Crippen LogP contribution in [0.25, 0.3) is 0 Å². The molecule has 1 N–H and O–H groups in total. The van der Waals surface area contributed by atoms with Crippen LogP contribution in [0.2, 0.25) is 0 Å². The fourth-order valence-corrected chi connectivity index (χ4v) is 6.79. The molecule has 3 saturated heterocycles. The van der Waals surface area contributed by atoms with Crippen molar-refractivity contribution in [1.82, 2.24) is 20.1 Å². The van der Waals surface area contributed by atoms with Gasteiger partial charge in [-0.15, -0.1) is 13.2 Å². The minimum absolute atomic E-state index is 0.0464. The summed E-state index contributed by atoms with van der Waals surface area (Å²) in [4.78, 5) is 49.3. The average Bonchev–Trinajstić information content (AvgIpc) is 3.65. The van der Waals surface area contributed by atoms with E-state index in [1.165, 1.54) is 55.4 Å². The van der Waals surface area contributed by atoms with E-state index in [0.29, 0.717) is 56.6 Å². The van der Waals surface area contributed by atoms with Crippen LogP contribution in [0.3, 0.4) is 0 Å². The molecule has 0 saturated carbocycles. The van der Waals surface area contributed by atoms with Crippen LogP contribution in [0.1, 0.15) is 68.9 Å². The maximum absolute atomic E-state index is 15.1. The molecule has 2 atom stereocenters. The number of Topliss-reactive ketones (excluding diaryl/α,β-unsaturated/α-hetero) is 1. The van der Waals surface area contributed by atoms with Crippen LogP contribution in [0.5, 0.6) is 5.75 Å². The number of nitrogens with zero attached hydrogens (tertiary/aromatic N) is 4. The highest BCUT2D eigenvalue weighted by atomic mass is 19.4. The lowest BCUT2D eigenvalue weighted by Gasteiger charge is -2.35. The highest BCUT2D eigenvalue weighted by Gasteiger charge is 2.33. The number of ketones is 1. The van der Waals surface area contributed by atoms with Crippen molar-refractivity contribution in [3.8, 4) is 5.75 Å². The number of alkyl halides is 4. The van der Waals surface area contributed by atoms with Crippen molar-refractivity contribution < 1.29 is 36.7 Å². The number of likely N-dealkylation sites (tertiary alicyclic amines) is 2. The van der Waals surface area contributed by atoms with Crippen molar-refractivity contribution in [3.63, 3.8) is 0 Å². The largest absolute Gasteiger partial charge is 0.573 e. The predicted octanol–water partition coefficient (Wildman–Crippen LogP) is 5.66. The molecule has 9 nitrogen and oxygen atoms in total. The number of halogens is 4. The summed E-state index contributed by atoms with van der Waals surface area (Å²) in [6.07, 6.45) is -0.981. The summed E-state index contributed by atoms with van der Waals surface area (Å²) in [5.41, 5.74) is 2.94. The van der Waals surface area contributed by atoms with Crippen molar-refractivity contribution >= 4 is 23.3 Å². The molecule has 3 fully saturated rings. The first kappa shape index (κ1) is 34.3. The van der Waals surface area contributed by atoms with Gasteiger partial charge in [-0.1, -0.05) is 12.1 Å². The van der Waals surface area contributed by atoms with Gasteiger partial charge in [0, 0.05) is 69.2 Å². The molecule has 13 heteroatoms. The first-order valence-corrected chi connectivity index (χ1v) is 16.7. The van der Waals surface area contributed by atoms with Crippen LogP contribution in [0.15, 0.2) is 66.9 Å². The van der Waals surface area contributed by atoms with Crippen molar-refractivity contribution in [3.05, 3.63) is 89.2 Å². The van der Waals surface area contributed by atoms with E-state index in [9.17, 15) is 27.6 Å². The molecule has 2 unspecified atom stereocenters. The second-order valence-corrected chi connectivity index (χ2v) is 12.9. The minimum atomic E-state index is -4.77. The molecule has 49 heavy (non-hydrogen) atoms. The smallest absolute Gasteiger partial charge is 0.406 e. The molecule has 0 bridgehead atoms. The number of anilines is 1. The van der Waals surface area contributed by atoms with Crippen molar-refractivity contribution in [2.45, 2.75) is 57.2 Å². The van der Waals surface area contributed by atoms with Crippen molar-refractivity contribution in [2.24, 2.45) is 5.92 Å². The number of carbonyl (C=O) groups excluding carboxylic acids is 3. The number of amides is 2. The van der Waals surface area contributed by atoms with E-state index >= 15 is 4.39 Å². The molecule has 260 valence electrons. The SMILES string of the molecule is O=C(NC1CCN(Cc2ccc(OC(F)(F)F)cc2)CC1F)c1ccc(C(=O)N2CCC(C(=O)c3ccc(N4CCCC4)cc3)CC2)nc1. The van der Waals surface area contributed by atoms with Crippen LogP contribution in [0, 0.1) is 5.92 Å². The van der Waals surface area contributed by atoms with Gasteiger partial charge in [0.05, 0.1) is 11.6 Å². The Morgan fingerprint density at radius 1 is 0.837 bits per heavy atom. The normalized spacial score (nSPS) is 20.7. The lowest BCUT2D eigenvalue weighted by Crippen LogP contribution is -2.52. The molecular weight excluding hydrogens is 642 g/mol. The van der Waals surface area contributed by atoms with Crippen LogP contribution < -0.4 is 15.0 Å². The fourth-order valence-electron chi connectivity index (χ4n) is 6.79. The first-order chi connectivity index (χ1) is 23.5. The first-order valence-electron chi connectivity index (χ1n) is 16.7. The summed E-state index contributed by atoms with van der Waals surface area (Å²) in [5, 5.41) is 2.72. The number of nitrogens with one attached hydrogen (secondary N) is 1. The van der Waals surface area contributed by atoms with Crippen molar-refractivity contribution in [2.75, 3.05) is 44.2 Å². The molecule has 2 amide bonds. The number of hydrogen-bond donors (Lipinski definition) is 1. The van der Waals surface area contributed by atoms with Crippen LogP contribution in [-0.2, 0) is 6.54 Å². The zero-order valence-electron chi connectivity index (χ0n) is 27.0. The lowest BCUT2D eigenvalue weighted by atomic mass is 9.88.